The lowest BCUT2D eigenvalue weighted by Gasteiger charge is -2.16. The van der Waals surface area contributed by atoms with Gasteiger partial charge < -0.3 is 5.11 Å². The number of hydrogen-bond donors (Lipinski definition) is 2. The predicted octanol–water partition coefficient (Wildman–Crippen LogP) is 0.151. The van der Waals surface area contributed by atoms with Gasteiger partial charge in [0, 0.05) is 6.07 Å². The highest BCUT2D eigenvalue weighted by Gasteiger charge is 2.47. The molecular formula is C8H6N2O6S. The van der Waals surface area contributed by atoms with Crippen LogP contribution in [0, 0.1) is 21.4 Å². The molecule has 0 radical (unpaired) electrons. The van der Waals surface area contributed by atoms with E-state index in [-0.39, 0.29) is 0 Å². The van der Waals surface area contributed by atoms with Gasteiger partial charge in [-0.1, -0.05) is 12.1 Å². The molecule has 9 heteroatoms. The highest BCUT2D eigenvalue weighted by atomic mass is 32.2. The first-order valence-electron chi connectivity index (χ1n) is 4.08. The Bertz CT molecular complexity index is 605. The molecular weight excluding hydrogens is 252 g/mol. The minimum absolute atomic E-state index is 0.783. The van der Waals surface area contributed by atoms with Gasteiger partial charge in [-0.25, -0.2) is 0 Å². The van der Waals surface area contributed by atoms with Crippen molar-refractivity contribution in [1.82, 2.24) is 0 Å². The van der Waals surface area contributed by atoms with Gasteiger partial charge >= 0.3 is 15.1 Å². The number of rotatable bonds is 3. The first kappa shape index (κ1) is 13.0. The molecule has 1 rings (SSSR count). The summed E-state index contributed by atoms with van der Waals surface area (Å²) in [7, 11) is -5.23. The van der Waals surface area contributed by atoms with E-state index in [1.165, 1.54) is 12.1 Å². The molecule has 1 atom stereocenters. The van der Waals surface area contributed by atoms with Crippen molar-refractivity contribution in [3.8, 4) is 6.07 Å². The molecule has 0 aliphatic heterocycles. The van der Waals surface area contributed by atoms with E-state index in [4.69, 9.17) is 9.81 Å². The quantitative estimate of drug-likeness (QED) is 0.340. The zero-order valence-corrected chi connectivity index (χ0v) is 8.96. The van der Waals surface area contributed by atoms with Crippen LogP contribution in [0.3, 0.4) is 0 Å². The number of aliphatic hydroxyl groups is 1. The van der Waals surface area contributed by atoms with E-state index in [2.05, 4.69) is 0 Å². The molecule has 0 aromatic heterocycles. The molecule has 0 fully saturated rings. The van der Waals surface area contributed by atoms with Crippen molar-refractivity contribution < 1.29 is 23.0 Å². The molecule has 0 spiro atoms. The maximum Gasteiger partial charge on any atom is 0.314 e. The molecule has 0 saturated heterocycles. The number of hydrogen-bond acceptors (Lipinski definition) is 6. The van der Waals surface area contributed by atoms with Gasteiger partial charge in [-0.2, -0.15) is 13.7 Å². The Kier molecular flexibility index (Phi) is 3.14. The third-order valence-corrected chi connectivity index (χ3v) is 3.05. The van der Waals surface area contributed by atoms with Crippen LogP contribution in [-0.4, -0.2) is 23.0 Å². The third-order valence-electron chi connectivity index (χ3n) is 1.99. The SMILES string of the molecule is N#CC(O)(c1ccccc1[N+](=O)[O-])S(=O)(=O)O. The van der Waals surface area contributed by atoms with Gasteiger partial charge in [-0.15, -0.1) is 0 Å². The number of nitrogens with zero attached hydrogens (tertiary/aromatic N) is 2. The molecule has 0 aliphatic carbocycles. The van der Waals surface area contributed by atoms with E-state index >= 15 is 0 Å². The molecule has 0 heterocycles. The predicted molar refractivity (Wildman–Crippen MR) is 54.2 cm³/mol. The molecule has 90 valence electrons. The molecule has 17 heavy (non-hydrogen) atoms. The van der Waals surface area contributed by atoms with Crippen molar-refractivity contribution in [2.24, 2.45) is 0 Å². The Morgan fingerprint density at radius 2 is 1.94 bits per heavy atom. The summed E-state index contributed by atoms with van der Waals surface area (Å²) in [6, 6.07) is 5.13. The van der Waals surface area contributed by atoms with E-state index in [1.807, 2.05) is 0 Å². The minimum atomic E-state index is -5.23. The normalized spacial score (nSPS) is 14.6. The van der Waals surface area contributed by atoms with E-state index < -0.39 is 31.2 Å². The number of nitro groups is 1. The molecule has 1 aromatic carbocycles. The van der Waals surface area contributed by atoms with E-state index in [1.54, 1.807) is 0 Å². The average Bonchev–Trinajstić information content (AvgIpc) is 2.26. The number of nitriles is 1. The van der Waals surface area contributed by atoms with E-state index in [0.717, 1.165) is 18.2 Å². The van der Waals surface area contributed by atoms with Crippen molar-refractivity contribution in [2.45, 2.75) is 4.93 Å². The van der Waals surface area contributed by atoms with Crippen LogP contribution in [0.5, 0.6) is 0 Å². The smallest absolute Gasteiger partial charge is 0.314 e. The molecule has 0 bridgehead atoms. The van der Waals surface area contributed by atoms with Crippen LogP contribution >= 0.6 is 0 Å². The lowest BCUT2D eigenvalue weighted by molar-refractivity contribution is -0.386. The zero-order chi connectivity index (χ0) is 13.3. The maximum atomic E-state index is 10.9. The lowest BCUT2D eigenvalue weighted by Crippen LogP contribution is -2.34. The fourth-order valence-corrected chi connectivity index (χ4v) is 1.74. The van der Waals surface area contributed by atoms with Crippen LogP contribution in [0.25, 0.3) is 0 Å². The van der Waals surface area contributed by atoms with Gasteiger partial charge in [0.1, 0.15) is 6.07 Å². The van der Waals surface area contributed by atoms with E-state index in [9.17, 15) is 23.6 Å². The summed E-state index contributed by atoms with van der Waals surface area (Å²) in [4.78, 5) is 6.29. The summed E-state index contributed by atoms with van der Waals surface area (Å²) in [6.45, 7) is 0. The van der Waals surface area contributed by atoms with Crippen LogP contribution in [0.15, 0.2) is 24.3 Å². The first-order valence-corrected chi connectivity index (χ1v) is 5.52. The number of benzene rings is 1. The van der Waals surface area contributed by atoms with Crippen molar-refractivity contribution in [3.63, 3.8) is 0 Å². The lowest BCUT2D eigenvalue weighted by atomic mass is 10.1. The Hall–Kier alpha value is -2.02. The van der Waals surface area contributed by atoms with Crippen molar-refractivity contribution in [2.75, 3.05) is 0 Å². The van der Waals surface area contributed by atoms with Gasteiger partial charge in [0.25, 0.3) is 5.69 Å². The first-order chi connectivity index (χ1) is 7.74. The molecule has 8 nitrogen and oxygen atoms in total. The summed E-state index contributed by atoms with van der Waals surface area (Å²) in [5, 5.41) is 28.8. The molecule has 1 aromatic rings. The van der Waals surface area contributed by atoms with Crippen molar-refractivity contribution in [3.05, 3.63) is 39.9 Å². The summed E-state index contributed by atoms with van der Waals surface area (Å²) in [5.41, 5.74) is -1.59. The second-order valence-electron chi connectivity index (χ2n) is 3.01. The number of nitro benzene ring substituents is 1. The second-order valence-corrected chi connectivity index (χ2v) is 4.55. The fourth-order valence-electron chi connectivity index (χ4n) is 1.18. The average molecular weight is 258 g/mol. The van der Waals surface area contributed by atoms with Gasteiger partial charge in [0.2, 0.25) is 0 Å². The van der Waals surface area contributed by atoms with Gasteiger partial charge in [0.05, 0.1) is 10.5 Å². The van der Waals surface area contributed by atoms with Crippen LogP contribution in [0.1, 0.15) is 5.56 Å². The highest BCUT2D eigenvalue weighted by molar-refractivity contribution is 7.86. The summed E-state index contributed by atoms with van der Waals surface area (Å²) in [5.74, 6) is 0. The fraction of sp³-hybridized carbons (Fsp3) is 0.125. The number of para-hydroxylation sites is 1. The van der Waals surface area contributed by atoms with Gasteiger partial charge in [-0.3, -0.25) is 14.7 Å². The van der Waals surface area contributed by atoms with E-state index in [0.29, 0.717) is 0 Å². The zero-order valence-electron chi connectivity index (χ0n) is 8.14. The topological polar surface area (TPSA) is 142 Å². The monoisotopic (exact) mass is 258 g/mol. The Morgan fingerprint density at radius 1 is 1.41 bits per heavy atom. The van der Waals surface area contributed by atoms with Crippen LogP contribution < -0.4 is 0 Å². The van der Waals surface area contributed by atoms with Crippen molar-refractivity contribution in [1.29, 1.82) is 5.26 Å². The molecule has 0 amide bonds. The minimum Gasteiger partial charge on any atom is -0.358 e. The largest absolute Gasteiger partial charge is 0.358 e. The standard InChI is InChI=1S/C8H6N2O6S/c9-5-8(11,17(14,15)16)6-3-1-2-4-7(6)10(12)13/h1-4,11H,(H,14,15,16). The summed E-state index contributed by atoms with van der Waals surface area (Å²) < 4.78 is 30.6. The van der Waals surface area contributed by atoms with Crippen LogP contribution in [0.4, 0.5) is 5.69 Å². The highest BCUT2D eigenvalue weighted by Crippen LogP contribution is 2.32. The molecule has 0 saturated carbocycles. The summed E-state index contributed by atoms with van der Waals surface area (Å²) in [6.07, 6.45) is 0. The second kappa shape index (κ2) is 4.10. The summed E-state index contributed by atoms with van der Waals surface area (Å²) >= 11 is 0. The third kappa shape index (κ3) is 2.09. The molecule has 2 N–H and O–H groups in total. The Labute approximate surface area is 95.6 Å². The molecule has 0 aliphatic rings. The van der Waals surface area contributed by atoms with Gasteiger partial charge in [-0.05, 0) is 6.07 Å². The van der Waals surface area contributed by atoms with Crippen molar-refractivity contribution >= 4 is 15.8 Å². The molecule has 1 unspecified atom stereocenters. The Balaban J connectivity index is 3.65. The maximum absolute atomic E-state index is 10.9. The van der Waals surface area contributed by atoms with Gasteiger partial charge in [0.15, 0.2) is 0 Å². The Morgan fingerprint density at radius 3 is 2.35 bits per heavy atom. The van der Waals surface area contributed by atoms with Crippen LogP contribution in [-0.2, 0) is 15.1 Å². The van der Waals surface area contributed by atoms with Crippen LogP contribution in [0.2, 0.25) is 0 Å².